The van der Waals surface area contributed by atoms with Crippen molar-refractivity contribution in [2.45, 2.75) is 32.2 Å². The molecule has 0 bridgehead atoms. The molecular formula is C10H16N2O. The molecule has 0 aromatic carbocycles. The standard InChI is InChI=1S/C10H16N2O/c1-2-3-6-9(10(11)13)12-7-4-5-8-12/h4-5,7-9H,2-3,6H2,1H3,(H2,11,13). The monoisotopic (exact) mass is 180 g/mol. The van der Waals surface area contributed by atoms with Crippen molar-refractivity contribution in [2.75, 3.05) is 0 Å². The van der Waals surface area contributed by atoms with E-state index in [1.165, 1.54) is 0 Å². The van der Waals surface area contributed by atoms with Gasteiger partial charge in [-0.25, -0.2) is 0 Å². The minimum absolute atomic E-state index is 0.171. The van der Waals surface area contributed by atoms with E-state index in [9.17, 15) is 4.79 Å². The zero-order valence-electron chi connectivity index (χ0n) is 7.94. The van der Waals surface area contributed by atoms with Crippen LogP contribution in [0.3, 0.4) is 0 Å². The van der Waals surface area contributed by atoms with Gasteiger partial charge in [0.25, 0.3) is 0 Å². The lowest BCUT2D eigenvalue weighted by Gasteiger charge is -2.14. The number of hydrogen-bond donors (Lipinski definition) is 1. The number of rotatable bonds is 5. The van der Waals surface area contributed by atoms with Crippen LogP contribution in [0.25, 0.3) is 0 Å². The highest BCUT2D eigenvalue weighted by atomic mass is 16.1. The Morgan fingerprint density at radius 2 is 2.08 bits per heavy atom. The zero-order valence-corrected chi connectivity index (χ0v) is 7.94. The molecule has 1 amide bonds. The number of aromatic nitrogens is 1. The van der Waals surface area contributed by atoms with E-state index >= 15 is 0 Å². The molecule has 0 saturated carbocycles. The van der Waals surface area contributed by atoms with Crippen molar-refractivity contribution < 1.29 is 4.79 Å². The van der Waals surface area contributed by atoms with Crippen molar-refractivity contribution in [2.24, 2.45) is 5.73 Å². The highest BCUT2D eigenvalue weighted by Crippen LogP contribution is 2.14. The van der Waals surface area contributed by atoms with Gasteiger partial charge in [0.2, 0.25) is 5.91 Å². The third kappa shape index (κ3) is 2.61. The molecule has 3 heteroatoms. The first-order chi connectivity index (χ1) is 6.25. The summed E-state index contributed by atoms with van der Waals surface area (Å²) in [5.41, 5.74) is 5.31. The molecule has 1 heterocycles. The molecule has 0 radical (unpaired) electrons. The molecule has 3 nitrogen and oxygen atoms in total. The molecule has 0 saturated heterocycles. The van der Waals surface area contributed by atoms with Gasteiger partial charge in [0.1, 0.15) is 6.04 Å². The molecule has 1 unspecified atom stereocenters. The lowest BCUT2D eigenvalue weighted by atomic mass is 10.1. The Kier molecular flexibility index (Phi) is 3.55. The minimum atomic E-state index is -0.246. The van der Waals surface area contributed by atoms with Gasteiger partial charge < -0.3 is 10.3 Å². The quantitative estimate of drug-likeness (QED) is 0.736. The Balaban J connectivity index is 2.63. The maximum atomic E-state index is 11.1. The van der Waals surface area contributed by atoms with Gasteiger partial charge in [0.15, 0.2) is 0 Å². The van der Waals surface area contributed by atoms with Crippen LogP contribution in [-0.4, -0.2) is 10.5 Å². The minimum Gasteiger partial charge on any atom is -0.368 e. The van der Waals surface area contributed by atoms with Gasteiger partial charge in [0.05, 0.1) is 0 Å². The number of unbranched alkanes of at least 4 members (excludes halogenated alkanes) is 1. The molecule has 0 aliphatic heterocycles. The lowest BCUT2D eigenvalue weighted by Crippen LogP contribution is -2.25. The Morgan fingerprint density at radius 3 is 2.54 bits per heavy atom. The number of amides is 1. The van der Waals surface area contributed by atoms with Gasteiger partial charge >= 0.3 is 0 Å². The van der Waals surface area contributed by atoms with E-state index in [2.05, 4.69) is 6.92 Å². The number of nitrogens with two attached hydrogens (primary N) is 1. The molecule has 1 aromatic heterocycles. The number of nitrogens with zero attached hydrogens (tertiary/aromatic N) is 1. The first kappa shape index (κ1) is 9.84. The highest BCUT2D eigenvalue weighted by Gasteiger charge is 2.14. The molecule has 1 atom stereocenters. The van der Waals surface area contributed by atoms with Crippen LogP contribution in [0.4, 0.5) is 0 Å². The molecule has 0 spiro atoms. The first-order valence-electron chi connectivity index (χ1n) is 4.67. The second-order valence-electron chi connectivity index (χ2n) is 3.19. The third-order valence-corrected chi connectivity index (χ3v) is 2.15. The molecule has 1 aromatic rings. The normalized spacial score (nSPS) is 12.7. The van der Waals surface area contributed by atoms with E-state index < -0.39 is 0 Å². The van der Waals surface area contributed by atoms with Crippen LogP contribution in [0.5, 0.6) is 0 Å². The van der Waals surface area contributed by atoms with Crippen molar-refractivity contribution in [1.29, 1.82) is 0 Å². The summed E-state index contributed by atoms with van der Waals surface area (Å²) in [5, 5.41) is 0. The summed E-state index contributed by atoms with van der Waals surface area (Å²) in [6.07, 6.45) is 6.72. The van der Waals surface area contributed by atoms with Gasteiger partial charge in [-0.3, -0.25) is 4.79 Å². The predicted octanol–water partition coefficient (Wildman–Crippen LogP) is 1.70. The molecule has 72 valence electrons. The molecule has 13 heavy (non-hydrogen) atoms. The van der Waals surface area contributed by atoms with Crippen molar-refractivity contribution in [3.8, 4) is 0 Å². The number of carbonyl (C=O) groups is 1. The van der Waals surface area contributed by atoms with Gasteiger partial charge in [-0.15, -0.1) is 0 Å². The average molecular weight is 180 g/mol. The summed E-state index contributed by atoms with van der Waals surface area (Å²) in [7, 11) is 0. The number of carbonyl (C=O) groups excluding carboxylic acids is 1. The smallest absolute Gasteiger partial charge is 0.240 e. The molecule has 0 aliphatic carbocycles. The Labute approximate surface area is 78.5 Å². The van der Waals surface area contributed by atoms with E-state index in [4.69, 9.17) is 5.73 Å². The molecule has 0 aliphatic rings. The zero-order chi connectivity index (χ0) is 9.68. The fraction of sp³-hybridized carbons (Fsp3) is 0.500. The van der Waals surface area contributed by atoms with Crippen LogP contribution in [-0.2, 0) is 4.79 Å². The summed E-state index contributed by atoms with van der Waals surface area (Å²) in [6.45, 7) is 2.10. The van der Waals surface area contributed by atoms with E-state index in [1.807, 2.05) is 29.1 Å². The number of hydrogen-bond acceptors (Lipinski definition) is 1. The van der Waals surface area contributed by atoms with Crippen molar-refractivity contribution in [3.05, 3.63) is 24.5 Å². The molecule has 1 rings (SSSR count). The van der Waals surface area contributed by atoms with Crippen molar-refractivity contribution >= 4 is 5.91 Å². The van der Waals surface area contributed by atoms with Gasteiger partial charge in [-0.2, -0.15) is 0 Å². The maximum Gasteiger partial charge on any atom is 0.240 e. The van der Waals surface area contributed by atoms with E-state index in [0.29, 0.717) is 0 Å². The topological polar surface area (TPSA) is 48.0 Å². The molecule has 0 fully saturated rings. The largest absolute Gasteiger partial charge is 0.368 e. The second kappa shape index (κ2) is 4.70. The van der Waals surface area contributed by atoms with Crippen LogP contribution in [0, 0.1) is 0 Å². The van der Waals surface area contributed by atoms with Crippen molar-refractivity contribution in [3.63, 3.8) is 0 Å². The maximum absolute atomic E-state index is 11.1. The Bertz CT molecular complexity index is 254. The SMILES string of the molecule is CCCCC(C(N)=O)n1cccc1. The van der Waals surface area contributed by atoms with Crippen LogP contribution >= 0.6 is 0 Å². The lowest BCUT2D eigenvalue weighted by molar-refractivity contribution is -0.121. The van der Waals surface area contributed by atoms with Crippen LogP contribution in [0.15, 0.2) is 24.5 Å². The summed E-state index contributed by atoms with van der Waals surface area (Å²) >= 11 is 0. The summed E-state index contributed by atoms with van der Waals surface area (Å²) in [4.78, 5) is 11.1. The van der Waals surface area contributed by atoms with E-state index in [0.717, 1.165) is 19.3 Å². The van der Waals surface area contributed by atoms with E-state index in [-0.39, 0.29) is 11.9 Å². The number of primary amides is 1. The Hall–Kier alpha value is -1.25. The van der Waals surface area contributed by atoms with E-state index in [1.54, 1.807) is 0 Å². The van der Waals surface area contributed by atoms with Crippen LogP contribution in [0.1, 0.15) is 32.2 Å². The second-order valence-corrected chi connectivity index (χ2v) is 3.19. The summed E-state index contributed by atoms with van der Waals surface area (Å²) in [6, 6.07) is 3.64. The third-order valence-electron chi connectivity index (χ3n) is 2.15. The highest BCUT2D eigenvalue weighted by molar-refractivity contribution is 5.78. The first-order valence-corrected chi connectivity index (χ1v) is 4.67. The fourth-order valence-electron chi connectivity index (χ4n) is 1.39. The summed E-state index contributed by atoms with van der Waals surface area (Å²) < 4.78 is 1.87. The van der Waals surface area contributed by atoms with Crippen LogP contribution in [0.2, 0.25) is 0 Å². The molecular weight excluding hydrogens is 164 g/mol. The van der Waals surface area contributed by atoms with Gasteiger partial charge in [-0.1, -0.05) is 19.8 Å². The fourth-order valence-corrected chi connectivity index (χ4v) is 1.39. The van der Waals surface area contributed by atoms with Crippen molar-refractivity contribution in [1.82, 2.24) is 4.57 Å². The van der Waals surface area contributed by atoms with Gasteiger partial charge in [-0.05, 0) is 18.6 Å². The van der Waals surface area contributed by atoms with Gasteiger partial charge in [0, 0.05) is 12.4 Å². The Morgan fingerprint density at radius 1 is 1.46 bits per heavy atom. The summed E-state index contributed by atoms with van der Waals surface area (Å²) in [5.74, 6) is -0.246. The van der Waals surface area contributed by atoms with Crippen LogP contribution < -0.4 is 5.73 Å². The average Bonchev–Trinajstić information content (AvgIpc) is 2.57. The molecule has 2 N–H and O–H groups in total. The predicted molar refractivity (Wildman–Crippen MR) is 52.2 cm³/mol.